The molecule has 256 valence electrons. The van der Waals surface area contributed by atoms with Crippen molar-refractivity contribution in [3.63, 3.8) is 0 Å². The largest absolute Gasteiger partial charge is 0.492 e. The number of carbonyl (C=O) groups is 4. The number of halogens is 1. The van der Waals surface area contributed by atoms with Crippen molar-refractivity contribution in [2.45, 2.75) is 38.4 Å². The van der Waals surface area contributed by atoms with Crippen molar-refractivity contribution in [2.24, 2.45) is 0 Å². The van der Waals surface area contributed by atoms with E-state index >= 15 is 0 Å². The normalized spacial score (nSPS) is 16.3. The van der Waals surface area contributed by atoms with Crippen LogP contribution in [0.4, 0.5) is 5.95 Å². The molecule has 3 aliphatic heterocycles. The highest BCUT2D eigenvalue weighted by atomic mass is 35.5. The molecule has 13 heteroatoms. The van der Waals surface area contributed by atoms with Gasteiger partial charge in [-0.1, -0.05) is 48.0 Å². The minimum absolute atomic E-state index is 0.109. The molecule has 0 bridgehead atoms. The smallest absolute Gasteiger partial charge is 0.261 e. The second-order valence-corrected chi connectivity index (χ2v) is 12.9. The lowest BCUT2D eigenvalue weighted by Gasteiger charge is -2.23. The molecule has 1 atom stereocenters. The topological polar surface area (TPSA) is 143 Å². The van der Waals surface area contributed by atoms with Gasteiger partial charge in [0, 0.05) is 36.9 Å². The molecule has 0 spiro atoms. The number of nitrogens with zero attached hydrogens (tertiary/aromatic N) is 4. The molecular weight excluding hydrogens is 660 g/mol. The molecule has 2 N–H and O–H groups in total. The summed E-state index contributed by atoms with van der Waals surface area (Å²) in [5.74, 6) is -0.211. The number of hydrogen-bond donors (Lipinski definition) is 2. The summed E-state index contributed by atoms with van der Waals surface area (Å²) in [4.78, 5) is 63.5. The Hall–Kier alpha value is -5.33. The Balaban J connectivity index is 0.932. The maximum atomic E-state index is 13.4. The first-order valence-corrected chi connectivity index (χ1v) is 16.9. The Kier molecular flexibility index (Phi) is 9.46. The van der Waals surface area contributed by atoms with Gasteiger partial charge in [0.25, 0.3) is 17.7 Å². The van der Waals surface area contributed by atoms with Crippen LogP contribution in [0.1, 0.15) is 68.0 Å². The van der Waals surface area contributed by atoms with E-state index in [4.69, 9.17) is 21.1 Å². The van der Waals surface area contributed by atoms with Crippen LogP contribution in [-0.2, 0) is 16.1 Å². The number of anilines is 1. The first-order chi connectivity index (χ1) is 24.2. The van der Waals surface area contributed by atoms with Gasteiger partial charge in [-0.05, 0) is 61.2 Å². The van der Waals surface area contributed by atoms with Crippen molar-refractivity contribution >= 4 is 41.2 Å². The van der Waals surface area contributed by atoms with Gasteiger partial charge < -0.3 is 25.0 Å². The summed E-state index contributed by atoms with van der Waals surface area (Å²) >= 11 is 6.49. The van der Waals surface area contributed by atoms with Crippen molar-refractivity contribution < 1.29 is 28.7 Å². The lowest BCUT2D eigenvalue weighted by atomic mass is 10.0. The third-order valence-corrected chi connectivity index (χ3v) is 9.37. The van der Waals surface area contributed by atoms with E-state index in [1.807, 2.05) is 25.1 Å². The number of nitrogens with one attached hydrogen (secondary N) is 2. The van der Waals surface area contributed by atoms with Crippen molar-refractivity contribution in [1.82, 2.24) is 25.1 Å². The highest BCUT2D eigenvalue weighted by Crippen LogP contribution is 2.32. The lowest BCUT2D eigenvalue weighted by molar-refractivity contribution is -0.122. The quantitative estimate of drug-likeness (QED) is 0.210. The summed E-state index contributed by atoms with van der Waals surface area (Å²) in [5.41, 5.74) is 4.11. The highest BCUT2D eigenvalue weighted by molar-refractivity contribution is 6.33. The Morgan fingerprint density at radius 3 is 2.50 bits per heavy atom. The van der Waals surface area contributed by atoms with E-state index in [1.54, 1.807) is 54.7 Å². The van der Waals surface area contributed by atoms with E-state index in [2.05, 4.69) is 20.6 Å². The molecule has 0 saturated carbocycles. The summed E-state index contributed by atoms with van der Waals surface area (Å²) < 4.78 is 11.3. The van der Waals surface area contributed by atoms with E-state index in [0.29, 0.717) is 64.4 Å². The molecule has 12 nitrogen and oxygen atoms in total. The van der Waals surface area contributed by atoms with Gasteiger partial charge in [0.2, 0.25) is 11.9 Å². The summed E-state index contributed by atoms with van der Waals surface area (Å²) in [6.07, 6.45) is 3.28. The van der Waals surface area contributed by atoms with Gasteiger partial charge in [-0.3, -0.25) is 24.1 Å². The summed E-state index contributed by atoms with van der Waals surface area (Å²) in [7, 11) is 0. The third kappa shape index (κ3) is 6.89. The average Bonchev–Trinajstić information content (AvgIpc) is 3.56. The maximum absolute atomic E-state index is 13.4. The minimum Gasteiger partial charge on any atom is -0.492 e. The fourth-order valence-electron chi connectivity index (χ4n) is 6.41. The zero-order valence-electron chi connectivity index (χ0n) is 27.4. The maximum Gasteiger partial charge on any atom is 0.261 e. The standard InChI is InChI=1S/C37H35ClN6O6/c1-22(23-5-4-6-27(17-23)50-16-13-44-35(47)28-7-2-3-8-29(28)36(44)48)40-32(45)21-43-20-25-10-9-24(18-30(25)34(43)46)33-31(38)19-39-37(42-33)41-26-11-14-49-15-12-26/h2-10,17-19,22,26H,11-16,20-21H2,1H3,(H,40,45)(H,39,41,42)/t22-/m1/s1. The summed E-state index contributed by atoms with van der Waals surface area (Å²) in [6, 6.07) is 19.3. The molecule has 4 amide bonds. The van der Waals surface area contributed by atoms with Crippen molar-refractivity contribution in [2.75, 3.05) is 38.2 Å². The number of carbonyl (C=O) groups excluding carboxylic acids is 4. The van der Waals surface area contributed by atoms with Gasteiger partial charge in [-0.2, -0.15) is 0 Å². The molecule has 1 aromatic heterocycles. The molecule has 50 heavy (non-hydrogen) atoms. The third-order valence-electron chi connectivity index (χ3n) is 9.09. The van der Waals surface area contributed by atoms with E-state index < -0.39 is 0 Å². The predicted molar refractivity (Wildman–Crippen MR) is 185 cm³/mol. The van der Waals surface area contributed by atoms with Crippen molar-refractivity contribution in [3.05, 3.63) is 106 Å². The van der Waals surface area contributed by atoms with Crippen LogP contribution in [0.15, 0.2) is 72.9 Å². The van der Waals surface area contributed by atoms with Gasteiger partial charge in [0.1, 0.15) is 18.9 Å². The number of fused-ring (bicyclic) bond motifs is 2. The number of benzene rings is 3. The average molecular weight is 695 g/mol. The Morgan fingerprint density at radius 2 is 1.74 bits per heavy atom. The van der Waals surface area contributed by atoms with Gasteiger partial charge in [0.05, 0.1) is 40.6 Å². The molecule has 1 fully saturated rings. The fourth-order valence-corrected chi connectivity index (χ4v) is 6.61. The zero-order valence-corrected chi connectivity index (χ0v) is 28.1. The summed E-state index contributed by atoms with van der Waals surface area (Å²) in [6.45, 7) is 3.64. The zero-order chi connectivity index (χ0) is 34.8. The number of rotatable bonds is 11. The molecule has 3 aromatic carbocycles. The van der Waals surface area contributed by atoms with Crippen molar-refractivity contribution in [1.29, 1.82) is 0 Å². The number of aromatic nitrogens is 2. The van der Waals surface area contributed by atoms with Gasteiger partial charge in [-0.15, -0.1) is 0 Å². The van der Waals surface area contributed by atoms with Crippen molar-refractivity contribution in [3.8, 4) is 17.0 Å². The molecule has 0 unspecified atom stereocenters. The molecule has 4 heterocycles. The molecule has 0 aliphatic carbocycles. The second kappa shape index (κ2) is 14.3. The number of hydrogen-bond acceptors (Lipinski definition) is 9. The van der Waals surface area contributed by atoms with Crippen LogP contribution in [0.3, 0.4) is 0 Å². The molecule has 1 saturated heterocycles. The monoisotopic (exact) mass is 694 g/mol. The Labute approximate surface area is 293 Å². The number of imide groups is 1. The van der Waals surface area contributed by atoms with Gasteiger partial charge >= 0.3 is 0 Å². The predicted octanol–water partition coefficient (Wildman–Crippen LogP) is 4.90. The van der Waals surface area contributed by atoms with E-state index in [1.165, 1.54) is 9.80 Å². The van der Waals surface area contributed by atoms with E-state index in [9.17, 15) is 19.2 Å². The minimum atomic E-state index is -0.377. The molecule has 4 aromatic rings. The van der Waals surface area contributed by atoms with Gasteiger partial charge in [0.15, 0.2) is 0 Å². The molecule has 7 rings (SSSR count). The number of amides is 4. The molecule has 3 aliphatic rings. The van der Waals surface area contributed by atoms with Crippen LogP contribution >= 0.6 is 11.6 Å². The second-order valence-electron chi connectivity index (χ2n) is 12.5. The highest BCUT2D eigenvalue weighted by Gasteiger charge is 2.35. The van der Waals surface area contributed by atoms with E-state index in [-0.39, 0.29) is 55.4 Å². The number of ether oxygens (including phenoxy) is 2. The Morgan fingerprint density at radius 1 is 0.980 bits per heavy atom. The fraction of sp³-hybridized carbons (Fsp3) is 0.297. The van der Waals surface area contributed by atoms with Crippen LogP contribution in [0.5, 0.6) is 5.75 Å². The first-order valence-electron chi connectivity index (χ1n) is 16.5. The van der Waals surface area contributed by atoms with Crippen LogP contribution < -0.4 is 15.4 Å². The van der Waals surface area contributed by atoms with Crippen LogP contribution in [-0.4, -0.2) is 82.3 Å². The first kappa shape index (κ1) is 33.2. The molecular formula is C37H35ClN6O6. The van der Waals surface area contributed by atoms with E-state index in [0.717, 1.165) is 24.0 Å². The summed E-state index contributed by atoms with van der Waals surface area (Å²) in [5, 5.41) is 6.69. The van der Waals surface area contributed by atoms with Crippen LogP contribution in [0, 0.1) is 0 Å². The Bertz CT molecular complexity index is 1950. The van der Waals surface area contributed by atoms with Crippen LogP contribution in [0.25, 0.3) is 11.3 Å². The van der Waals surface area contributed by atoms with Crippen LogP contribution in [0.2, 0.25) is 5.02 Å². The lowest BCUT2D eigenvalue weighted by Crippen LogP contribution is -2.38. The van der Waals surface area contributed by atoms with Gasteiger partial charge in [-0.25, -0.2) is 9.97 Å². The SMILES string of the molecule is C[C@@H](NC(=O)CN1Cc2ccc(-c3nc(NC4CCOCC4)ncc3Cl)cc2C1=O)c1cccc(OCCN2C(=O)c3ccccc3C2=O)c1. The molecule has 0 radical (unpaired) electrons.